The maximum absolute atomic E-state index is 12.1. The quantitative estimate of drug-likeness (QED) is 0.343. The second-order valence-electron chi connectivity index (χ2n) is 4.83. The molecule has 1 amide bonds. The Morgan fingerprint density at radius 2 is 1.83 bits per heavy atom. The number of aromatic hydroxyl groups is 1. The zero-order valence-electron chi connectivity index (χ0n) is 13.3. The number of amides is 1. The van der Waals surface area contributed by atoms with Crippen LogP contribution in [0.4, 0.5) is 13.2 Å². The summed E-state index contributed by atoms with van der Waals surface area (Å²) in [6.45, 7) is 2.42. The normalized spacial score (nSPS) is 11.9. The van der Waals surface area contributed by atoms with Crippen molar-refractivity contribution in [3.05, 3.63) is 29.8 Å². The van der Waals surface area contributed by atoms with Gasteiger partial charge in [-0.25, -0.2) is 0 Å². The van der Waals surface area contributed by atoms with Gasteiger partial charge in [-0.3, -0.25) is 9.79 Å². The minimum Gasteiger partial charge on any atom is -0.507 e. The van der Waals surface area contributed by atoms with Crippen LogP contribution in [-0.2, 0) is 0 Å². The van der Waals surface area contributed by atoms with Gasteiger partial charge in [-0.05, 0) is 19.1 Å². The van der Waals surface area contributed by atoms with Gasteiger partial charge in [-0.1, -0.05) is 12.1 Å². The van der Waals surface area contributed by atoms with Crippen LogP contribution in [0.1, 0.15) is 23.7 Å². The summed E-state index contributed by atoms with van der Waals surface area (Å²) in [7, 11) is 0. The first kappa shape index (κ1) is 19.6. The van der Waals surface area contributed by atoms with Crippen LogP contribution in [0.25, 0.3) is 0 Å². The molecular weight excluding hydrogens is 325 g/mol. The molecule has 0 aliphatic rings. The largest absolute Gasteiger partial charge is 0.507 e. The third-order valence-electron chi connectivity index (χ3n) is 2.86. The molecule has 0 heterocycles. The molecule has 0 fully saturated rings. The molecule has 0 aliphatic heterocycles. The molecule has 0 saturated carbocycles. The summed E-state index contributed by atoms with van der Waals surface area (Å²) in [5.74, 6) is -0.308. The predicted octanol–water partition coefficient (Wildman–Crippen LogP) is 1.63. The molecule has 0 radical (unpaired) electrons. The Kier molecular flexibility index (Phi) is 7.87. The Bertz CT molecular complexity index is 562. The summed E-state index contributed by atoms with van der Waals surface area (Å²) in [6, 6.07) is 6.13. The van der Waals surface area contributed by atoms with Gasteiger partial charge in [-0.15, -0.1) is 0 Å². The van der Waals surface area contributed by atoms with E-state index in [0.29, 0.717) is 6.54 Å². The van der Waals surface area contributed by atoms with Crippen molar-refractivity contribution in [2.75, 3.05) is 26.2 Å². The predicted molar refractivity (Wildman–Crippen MR) is 85.1 cm³/mol. The van der Waals surface area contributed by atoms with Crippen molar-refractivity contribution < 1.29 is 23.1 Å². The highest BCUT2D eigenvalue weighted by atomic mass is 19.4. The minimum absolute atomic E-state index is 0.120. The molecule has 9 heteroatoms. The fourth-order valence-electron chi connectivity index (χ4n) is 1.75. The van der Waals surface area contributed by atoms with E-state index in [9.17, 15) is 23.1 Å². The maximum Gasteiger partial charge on any atom is 0.390 e. The van der Waals surface area contributed by atoms with E-state index in [1.165, 1.54) is 12.1 Å². The van der Waals surface area contributed by atoms with E-state index >= 15 is 0 Å². The number of carbonyl (C=O) groups is 1. The van der Waals surface area contributed by atoms with Crippen LogP contribution in [0.2, 0.25) is 0 Å². The number of nitrogens with zero attached hydrogens (tertiary/aromatic N) is 1. The topological polar surface area (TPSA) is 85.8 Å². The fraction of sp³-hybridized carbons (Fsp3) is 0.467. The van der Waals surface area contributed by atoms with Crippen molar-refractivity contribution in [3.63, 3.8) is 0 Å². The van der Waals surface area contributed by atoms with E-state index in [0.717, 1.165) is 0 Å². The summed E-state index contributed by atoms with van der Waals surface area (Å²) in [6.07, 6.45) is -5.24. The molecule has 134 valence electrons. The Balaban J connectivity index is 2.38. The number of para-hydroxylation sites is 1. The highest BCUT2D eigenvalue weighted by Crippen LogP contribution is 2.18. The van der Waals surface area contributed by atoms with Gasteiger partial charge in [0.2, 0.25) is 0 Å². The lowest BCUT2D eigenvalue weighted by atomic mass is 10.2. The second kappa shape index (κ2) is 9.64. The molecule has 0 bridgehead atoms. The Labute approximate surface area is 138 Å². The summed E-state index contributed by atoms with van der Waals surface area (Å²) in [5.41, 5.74) is 0.156. The highest BCUT2D eigenvalue weighted by molar-refractivity contribution is 5.96. The zero-order valence-corrected chi connectivity index (χ0v) is 13.3. The molecule has 24 heavy (non-hydrogen) atoms. The molecule has 0 unspecified atom stereocenters. The highest BCUT2D eigenvalue weighted by Gasteiger charge is 2.26. The lowest BCUT2D eigenvalue weighted by molar-refractivity contribution is -0.132. The smallest absolute Gasteiger partial charge is 0.390 e. The van der Waals surface area contributed by atoms with Crippen LogP contribution in [0.15, 0.2) is 29.3 Å². The fourth-order valence-corrected chi connectivity index (χ4v) is 1.75. The third-order valence-corrected chi connectivity index (χ3v) is 2.86. The van der Waals surface area contributed by atoms with Crippen molar-refractivity contribution in [2.45, 2.75) is 19.5 Å². The molecule has 1 rings (SSSR count). The molecule has 0 saturated heterocycles. The zero-order chi connectivity index (χ0) is 18.0. The second-order valence-corrected chi connectivity index (χ2v) is 4.83. The Morgan fingerprint density at radius 3 is 2.46 bits per heavy atom. The van der Waals surface area contributed by atoms with Gasteiger partial charge in [0.25, 0.3) is 5.91 Å². The summed E-state index contributed by atoms with van der Waals surface area (Å²) in [4.78, 5) is 15.7. The summed E-state index contributed by atoms with van der Waals surface area (Å²) in [5, 5.41) is 17.8. The molecular formula is C15H21F3N4O2. The third kappa shape index (κ3) is 7.70. The summed E-state index contributed by atoms with van der Waals surface area (Å²) < 4.78 is 36.3. The first-order valence-electron chi connectivity index (χ1n) is 7.48. The number of phenols is 1. The van der Waals surface area contributed by atoms with Crippen molar-refractivity contribution in [1.29, 1.82) is 0 Å². The molecule has 0 aromatic heterocycles. The van der Waals surface area contributed by atoms with Gasteiger partial charge in [0.15, 0.2) is 5.96 Å². The van der Waals surface area contributed by atoms with E-state index in [4.69, 9.17) is 0 Å². The number of rotatable bonds is 7. The Morgan fingerprint density at radius 1 is 1.17 bits per heavy atom. The van der Waals surface area contributed by atoms with Gasteiger partial charge in [0.05, 0.1) is 18.5 Å². The van der Waals surface area contributed by atoms with Crippen LogP contribution in [0.5, 0.6) is 5.75 Å². The minimum atomic E-state index is -4.24. The summed E-state index contributed by atoms with van der Waals surface area (Å²) >= 11 is 0. The van der Waals surface area contributed by atoms with Crippen LogP contribution in [-0.4, -0.2) is 49.3 Å². The number of hydrogen-bond acceptors (Lipinski definition) is 3. The lowest BCUT2D eigenvalue weighted by Crippen LogP contribution is -2.41. The van der Waals surface area contributed by atoms with Gasteiger partial charge >= 0.3 is 6.18 Å². The van der Waals surface area contributed by atoms with E-state index in [-0.39, 0.29) is 36.9 Å². The van der Waals surface area contributed by atoms with E-state index < -0.39 is 18.5 Å². The number of guanidine groups is 1. The molecule has 0 atom stereocenters. The molecule has 0 aliphatic carbocycles. The number of aliphatic imine (C=N–C) groups is 1. The number of hydrogen-bond donors (Lipinski definition) is 4. The van der Waals surface area contributed by atoms with Crippen LogP contribution < -0.4 is 16.0 Å². The van der Waals surface area contributed by atoms with E-state index in [1.807, 2.05) is 0 Å². The number of nitrogens with one attached hydrogen (secondary N) is 3. The van der Waals surface area contributed by atoms with Crippen molar-refractivity contribution >= 4 is 11.9 Å². The lowest BCUT2D eigenvalue weighted by Gasteiger charge is -2.12. The van der Waals surface area contributed by atoms with Crippen molar-refractivity contribution in [2.24, 2.45) is 4.99 Å². The first-order chi connectivity index (χ1) is 11.3. The molecule has 1 aromatic rings. The van der Waals surface area contributed by atoms with Crippen molar-refractivity contribution in [1.82, 2.24) is 16.0 Å². The van der Waals surface area contributed by atoms with Crippen molar-refractivity contribution in [3.8, 4) is 5.75 Å². The SMILES string of the molecule is CCNC(=NCCC(F)(F)F)NCCNC(=O)c1ccccc1O. The number of carbonyl (C=O) groups excluding carboxylic acids is 1. The van der Waals surface area contributed by atoms with E-state index in [1.54, 1.807) is 19.1 Å². The average Bonchev–Trinajstić information content (AvgIpc) is 2.50. The van der Waals surface area contributed by atoms with E-state index in [2.05, 4.69) is 20.9 Å². The number of benzene rings is 1. The van der Waals surface area contributed by atoms with Gasteiger partial charge in [0.1, 0.15) is 5.75 Å². The number of alkyl halides is 3. The standard InChI is InChI=1S/C15H21F3N4O2/c1-2-19-14(21-8-7-15(16,17)18)22-10-9-20-13(24)11-5-3-4-6-12(11)23/h3-6,23H,2,7-10H2,1H3,(H,20,24)(H2,19,21,22). The first-order valence-corrected chi connectivity index (χ1v) is 7.48. The van der Waals surface area contributed by atoms with Crippen LogP contribution >= 0.6 is 0 Å². The molecule has 0 spiro atoms. The average molecular weight is 346 g/mol. The molecule has 6 nitrogen and oxygen atoms in total. The van der Waals surface area contributed by atoms with Crippen LogP contribution in [0, 0.1) is 0 Å². The monoisotopic (exact) mass is 346 g/mol. The maximum atomic E-state index is 12.1. The van der Waals surface area contributed by atoms with Gasteiger partial charge < -0.3 is 21.1 Å². The molecule has 1 aromatic carbocycles. The van der Waals surface area contributed by atoms with Gasteiger partial charge in [0, 0.05) is 19.6 Å². The van der Waals surface area contributed by atoms with Crippen LogP contribution in [0.3, 0.4) is 0 Å². The number of halogens is 3. The molecule has 4 N–H and O–H groups in total. The Hall–Kier alpha value is -2.45. The number of phenolic OH excluding ortho intramolecular Hbond substituents is 1. The van der Waals surface area contributed by atoms with Gasteiger partial charge in [-0.2, -0.15) is 13.2 Å².